The van der Waals surface area contributed by atoms with Crippen LogP contribution in [0.5, 0.6) is 0 Å². The number of aryl methyl sites for hydroxylation is 1. The van der Waals surface area contributed by atoms with Crippen LogP contribution in [0.1, 0.15) is 49.8 Å². The van der Waals surface area contributed by atoms with Gasteiger partial charge in [0.2, 0.25) is 0 Å². The third-order valence-electron chi connectivity index (χ3n) is 5.83. The predicted octanol–water partition coefficient (Wildman–Crippen LogP) is 2.61. The topological polar surface area (TPSA) is 131 Å². The van der Waals surface area contributed by atoms with Gasteiger partial charge in [0.15, 0.2) is 5.82 Å². The average molecular weight is 460 g/mol. The fourth-order valence-electron chi connectivity index (χ4n) is 3.91. The van der Waals surface area contributed by atoms with E-state index in [1.807, 2.05) is 32.2 Å². The Bertz CT molecular complexity index is 1290. The first-order valence-corrected chi connectivity index (χ1v) is 10.7. The van der Waals surface area contributed by atoms with E-state index < -0.39 is 6.09 Å². The standard InChI is InChI=1S/C24H24N6O4/c1-14-6-22(27-10-17(14)7-25)30-12-16(9-28-30)8-26-11-21(29-24(32)33-3)18-4-5-19-20(15(18)2)13-34-23(19)31/h4-6,9-10,12,21,26H,8,11,13H2,1-3H3,(H,29,32). The van der Waals surface area contributed by atoms with Crippen molar-refractivity contribution in [2.45, 2.75) is 33.0 Å². The van der Waals surface area contributed by atoms with E-state index in [4.69, 9.17) is 14.7 Å². The van der Waals surface area contributed by atoms with Crippen LogP contribution in [0.15, 0.2) is 36.8 Å². The number of amides is 1. The van der Waals surface area contributed by atoms with Crippen LogP contribution in [0.25, 0.3) is 5.82 Å². The number of alkyl carbamates (subject to hydrolysis) is 1. The Labute approximate surface area is 196 Å². The molecule has 1 aliphatic heterocycles. The molecule has 1 unspecified atom stereocenters. The smallest absolute Gasteiger partial charge is 0.407 e. The summed E-state index contributed by atoms with van der Waals surface area (Å²) in [6, 6.07) is 7.10. The number of aromatic nitrogens is 3. The second-order valence-corrected chi connectivity index (χ2v) is 7.96. The number of fused-ring (bicyclic) bond motifs is 1. The molecule has 1 atom stereocenters. The van der Waals surface area contributed by atoms with Crippen molar-refractivity contribution < 1.29 is 19.1 Å². The number of nitrogens with one attached hydrogen (secondary N) is 2. The lowest BCUT2D eigenvalue weighted by Crippen LogP contribution is -2.36. The second kappa shape index (κ2) is 9.72. The molecule has 0 bridgehead atoms. The van der Waals surface area contributed by atoms with Crippen LogP contribution in [-0.2, 0) is 22.6 Å². The Kier molecular flexibility index (Phi) is 6.56. The summed E-state index contributed by atoms with van der Waals surface area (Å²) in [4.78, 5) is 28.1. The van der Waals surface area contributed by atoms with Crippen molar-refractivity contribution in [1.82, 2.24) is 25.4 Å². The third kappa shape index (κ3) is 4.60. The lowest BCUT2D eigenvalue weighted by Gasteiger charge is -2.22. The van der Waals surface area contributed by atoms with Crippen LogP contribution >= 0.6 is 0 Å². The number of cyclic esters (lactones) is 1. The molecule has 3 heterocycles. The number of benzene rings is 1. The van der Waals surface area contributed by atoms with Crippen molar-refractivity contribution in [3.8, 4) is 11.9 Å². The van der Waals surface area contributed by atoms with Gasteiger partial charge in [0.05, 0.1) is 30.5 Å². The minimum absolute atomic E-state index is 0.230. The van der Waals surface area contributed by atoms with Gasteiger partial charge in [0.25, 0.3) is 0 Å². The number of nitrogens with zero attached hydrogens (tertiary/aromatic N) is 4. The second-order valence-electron chi connectivity index (χ2n) is 7.96. The summed E-state index contributed by atoms with van der Waals surface area (Å²) in [5.74, 6) is 0.294. The summed E-state index contributed by atoms with van der Waals surface area (Å²) in [6.07, 6.45) is 4.57. The lowest BCUT2D eigenvalue weighted by atomic mass is 9.94. The number of hydrogen-bond donors (Lipinski definition) is 2. The third-order valence-corrected chi connectivity index (χ3v) is 5.83. The van der Waals surface area contributed by atoms with Crippen molar-refractivity contribution in [3.05, 3.63) is 75.7 Å². The summed E-state index contributed by atoms with van der Waals surface area (Å²) in [5.41, 5.74) is 5.46. The maximum Gasteiger partial charge on any atom is 0.407 e. The Morgan fingerprint density at radius 2 is 2.18 bits per heavy atom. The van der Waals surface area contributed by atoms with Gasteiger partial charge < -0.3 is 20.1 Å². The zero-order chi connectivity index (χ0) is 24.2. The molecule has 2 aromatic heterocycles. The van der Waals surface area contributed by atoms with Gasteiger partial charge in [0, 0.05) is 36.6 Å². The van der Waals surface area contributed by atoms with Crippen LogP contribution in [-0.4, -0.2) is 40.5 Å². The highest BCUT2D eigenvalue weighted by Crippen LogP contribution is 2.29. The molecule has 174 valence electrons. The Morgan fingerprint density at radius 3 is 2.91 bits per heavy atom. The van der Waals surface area contributed by atoms with Crippen LogP contribution in [0.2, 0.25) is 0 Å². The minimum atomic E-state index is -0.547. The fraction of sp³-hybridized carbons (Fsp3) is 0.292. The van der Waals surface area contributed by atoms with E-state index in [-0.39, 0.29) is 18.6 Å². The molecule has 4 rings (SSSR count). The average Bonchev–Trinajstić information content (AvgIpc) is 3.46. The monoisotopic (exact) mass is 460 g/mol. The highest BCUT2D eigenvalue weighted by Gasteiger charge is 2.26. The Morgan fingerprint density at radius 1 is 1.35 bits per heavy atom. The van der Waals surface area contributed by atoms with Gasteiger partial charge in [-0.1, -0.05) is 6.07 Å². The van der Waals surface area contributed by atoms with Crippen molar-refractivity contribution >= 4 is 12.1 Å². The fourth-order valence-corrected chi connectivity index (χ4v) is 3.91. The first kappa shape index (κ1) is 22.9. The SMILES string of the molecule is COC(=O)NC(CNCc1cnn(-c2cc(C)c(C#N)cn2)c1)c1ccc2c(c1C)COC2=O. The van der Waals surface area contributed by atoms with Gasteiger partial charge in [0.1, 0.15) is 12.7 Å². The maximum atomic E-state index is 12.0. The molecule has 10 nitrogen and oxygen atoms in total. The summed E-state index contributed by atoms with van der Waals surface area (Å²) in [7, 11) is 1.31. The predicted molar refractivity (Wildman–Crippen MR) is 121 cm³/mol. The molecule has 10 heteroatoms. The van der Waals surface area contributed by atoms with E-state index >= 15 is 0 Å². The number of rotatable bonds is 7. The van der Waals surface area contributed by atoms with Gasteiger partial charge in [-0.2, -0.15) is 10.4 Å². The number of pyridine rings is 1. The number of nitriles is 1. The number of methoxy groups -OCH3 is 1. The molecule has 1 aromatic carbocycles. The molecule has 1 aliphatic rings. The molecule has 0 spiro atoms. The first-order valence-electron chi connectivity index (χ1n) is 10.7. The molecule has 0 fully saturated rings. The number of carbonyl (C=O) groups excluding carboxylic acids is 2. The van der Waals surface area contributed by atoms with Crippen molar-refractivity contribution in [2.24, 2.45) is 0 Å². The summed E-state index contributed by atoms with van der Waals surface area (Å²) in [5, 5.41) is 19.6. The maximum absolute atomic E-state index is 12.0. The molecule has 2 N–H and O–H groups in total. The Hall–Kier alpha value is -4.23. The van der Waals surface area contributed by atoms with Gasteiger partial charge in [-0.15, -0.1) is 0 Å². The number of ether oxygens (including phenoxy) is 2. The molecule has 0 radical (unpaired) electrons. The van der Waals surface area contributed by atoms with Gasteiger partial charge >= 0.3 is 12.1 Å². The van der Waals surface area contributed by atoms with E-state index in [9.17, 15) is 9.59 Å². The van der Waals surface area contributed by atoms with Crippen LogP contribution in [0, 0.1) is 25.2 Å². The highest BCUT2D eigenvalue weighted by molar-refractivity contribution is 5.94. The Balaban J connectivity index is 1.46. The van der Waals surface area contributed by atoms with E-state index in [1.54, 1.807) is 16.9 Å². The van der Waals surface area contributed by atoms with Crippen LogP contribution < -0.4 is 10.6 Å². The first-order chi connectivity index (χ1) is 16.4. The molecule has 0 aliphatic carbocycles. The number of carbonyl (C=O) groups is 2. The zero-order valence-electron chi connectivity index (χ0n) is 19.1. The molecular formula is C24H24N6O4. The highest BCUT2D eigenvalue weighted by atomic mass is 16.5. The van der Waals surface area contributed by atoms with Gasteiger partial charge in [-0.3, -0.25) is 0 Å². The van der Waals surface area contributed by atoms with Crippen LogP contribution in [0.3, 0.4) is 0 Å². The van der Waals surface area contributed by atoms with Gasteiger partial charge in [-0.25, -0.2) is 19.3 Å². The van der Waals surface area contributed by atoms with E-state index in [2.05, 4.69) is 26.8 Å². The summed E-state index contributed by atoms with van der Waals surface area (Å²) < 4.78 is 11.6. The van der Waals surface area contributed by atoms with Crippen molar-refractivity contribution in [3.63, 3.8) is 0 Å². The molecular weight excluding hydrogens is 436 g/mol. The molecule has 1 amide bonds. The number of esters is 1. The number of hydrogen-bond acceptors (Lipinski definition) is 8. The van der Waals surface area contributed by atoms with Crippen molar-refractivity contribution in [2.75, 3.05) is 13.7 Å². The van der Waals surface area contributed by atoms with Crippen molar-refractivity contribution in [1.29, 1.82) is 5.26 Å². The molecule has 34 heavy (non-hydrogen) atoms. The summed E-state index contributed by atoms with van der Waals surface area (Å²) in [6.45, 7) is 4.92. The summed E-state index contributed by atoms with van der Waals surface area (Å²) >= 11 is 0. The molecule has 0 saturated heterocycles. The quantitative estimate of drug-likeness (QED) is 0.515. The van der Waals surface area contributed by atoms with Crippen LogP contribution in [0.4, 0.5) is 4.79 Å². The van der Waals surface area contributed by atoms with E-state index in [1.165, 1.54) is 13.3 Å². The molecule has 0 saturated carbocycles. The normalized spacial score (nSPS) is 13.1. The lowest BCUT2D eigenvalue weighted by molar-refractivity contribution is 0.0535. The van der Waals surface area contributed by atoms with Gasteiger partial charge in [-0.05, 0) is 42.7 Å². The van der Waals surface area contributed by atoms with E-state index in [0.717, 1.165) is 27.8 Å². The van der Waals surface area contributed by atoms with E-state index in [0.29, 0.717) is 30.0 Å². The molecule has 3 aromatic rings. The largest absolute Gasteiger partial charge is 0.457 e. The zero-order valence-corrected chi connectivity index (χ0v) is 19.1. The minimum Gasteiger partial charge on any atom is -0.457 e.